The molecule has 3 heteroatoms. The van der Waals surface area contributed by atoms with Crippen molar-refractivity contribution < 1.29 is 14.6 Å². The number of hydrogen-bond acceptors (Lipinski definition) is 3. The normalized spacial score (nSPS) is 24.0. The molecule has 0 aromatic heterocycles. The molecular weight excluding hydrogens is 288 g/mol. The lowest BCUT2D eigenvalue weighted by atomic mass is 10.1. The predicted molar refractivity (Wildman–Crippen MR) is 89.8 cm³/mol. The Morgan fingerprint density at radius 1 is 0.826 bits per heavy atom. The van der Waals surface area contributed by atoms with Gasteiger partial charge in [0.15, 0.2) is 0 Å². The van der Waals surface area contributed by atoms with Crippen molar-refractivity contribution in [2.24, 2.45) is 5.92 Å². The van der Waals surface area contributed by atoms with E-state index < -0.39 is 0 Å². The summed E-state index contributed by atoms with van der Waals surface area (Å²) in [6, 6.07) is 20.3. The van der Waals surface area contributed by atoms with Crippen molar-refractivity contribution in [3.05, 3.63) is 71.8 Å². The lowest BCUT2D eigenvalue weighted by Crippen LogP contribution is -2.29. The van der Waals surface area contributed by atoms with E-state index in [9.17, 15) is 5.11 Å². The lowest BCUT2D eigenvalue weighted by Gasteiger charge is -2.22. The van der Waals surface area contributed by atoms with Crippen LogP contribution in [0.15, 0.2) is 60.7 Å². The summed E-state index contributed by atoms with van der Waals surface area (Å²) >= 11 is 0. The Morgan fingerprint density at radius 2 is 1.43 bits per heavy atom. The molecule has 23 heavy (non-hydrogen) atoms. The standard InChI is InChI=1S/C20H24O3/c21-19-11-12-20(23-14-17-9-5-2-6-10-17)18(19)15-22-13-16-7-3-1-4-8-16/h1-10,18-21H,11-15H2/t18-,19+,20-/m0/s1. The molecule has 1 N–H and O–H groups in total. The second kappa shape index (κ2) is 8.25. The number of aliphatic hydroxyl groups excluding tert-OH is 1. The molecule has 2 aromatic carbocycles. The SMILES string of the molecule is O[C@@H]1CC[C@H](OCc2ccccc2)[C@H]1COCc1ccccc1. The van der Waals surface area contributed by atoms with Gasteiger partial charge < -0.3 is 14.6 Å². The molecule has 0 unspecified atom stereocenters. The summed E-state index contributed by atoms with van der Waals surface area (Å²) in [5, 5.41) is 10.2. The van der Waals surface area contributed by atoms with Crippen LogP contribution in [0, 0.1) is 5.92 Å². The van der Waals surface area contributed by atoms with Crippen molar-refractivity contribution in [3.63, 3.8) is 0 Å². The van der Waals surface area contributed by atoms with Gasteiger partial charge in [-0.1, -0.05) is 60.7 Å². The molecule has 1 aliphatic rings. The zero-order valence-electron chi connectivity index (χ0n) is 13.3. The average Bonchev–Trinajstić information content (AvgIpc) is 2.95. The zero-order chi connectivity index (χ0) is 15.9. The maximum absolute atomic E-state index is 10.2. The minimum absolute atomic E-state index is 0.0578. The van der Waals surface area contributed by atoms with E-state index >= 15 is 0 Å². The van der Waals surface area contributed by atoms with Crippen LogP contribution >= 0.6 is 0 Å². The lowest BCUT2D eigenvalue weighted by molar-refractivity contribution is -0.0459. The highest BCUT2D eigenvalue weighted by molar-refractivity contribution is 5.14. The van der Waals surface area contributed by atoms with E-state index in [0.717, 1.165) is 24.0 Å². The smallest absolute Gasteiger partial charge is 0.0720 e. The molecule has 0 heterocycles. The molecule has 0 radical (unpaired) electrons. The second-order valence-corrected chi connectivity index (χ2v) is 6.14. The van der Waals surface area contributed by atoms with Crippen LogP contribution in [0.5, 0.6) is 0 Å². The van der Waals surface area contributed by atoms with E-state index in [1.807, 2.05) is 36.4 Å². The van der Waals surface area contributed by atoms with Gasteiger partial charge in [-0.15, -0.1) is 0 Å². The molecule has 1 saturated carbocycles. The summed E-state index contributed by atoms with van der Waals surface area (Å²) in [5.41, 5.74) is 2.32. The molecule has 0 saturated heterocycles. The number of hydrogen-bond donors (Lipinski definition) is 1. The van der Waals surface area contributed by atoms with Crippen molar-refractivity contribution in [1.82, 2.24) is 0 Å². The van der Waals surface area contributed by atoms with Crippen LogP contribution in [0.2, 0.25) is 0 Å². The Balaban J connectivity index is 1.48. The van der Waals surface area contributed by atoms with Crippen molar-refractivity contribution in [2.75, 3.05) is 6.61 Å². The Morgan fingerprint density at radius 3 is 2.09 bits per heavy atom. The van der Waals surface area contributed by atoms with E-state index in [4.69, 9.17) is 9.47 Å². The molecule has 0 bridgehead atoms. The summed E-state index contributed by atoms with van der Waals surface area (Å²) in [5.74, 6) is 0.0578. The van der Waals surface area contributed by atoms with E-state index in [1.165, 1.54) is 0 Å². The Hall–Kier alpha value is -1.68. The van der Waals surface area contributed by atoms with Crippen LogP contribution < -0.4 is 0 Å². The van der Waals surface area contributed by atoms with Gasteiger partial charge in [-0.2, -0.15) is 0 Å². The summed E-state index contributed by atoms with van der Waals surface area (Å²) in [6.07, 6.45) is 1.43. The maximum Gasteiger partial charge on any atom is 0.0720 e. The summed E-state index contributed by atoms with van der Waals surface area (Å²) in [4.78, 5) is 0. The molecule has 0 amide bonds. The van der Waals surface area contributed by atoms with Crippen molar-refractivity contribution in [3.8, 4) is 0 Å². The van der Waals surface area contributed by atoms with Gasteiger partial charge in [-0.3, -0.25) is 0 Å². The molecular formula is C20H24O3. The molecule has 3 atom stereocenters. The van der Waals surface area contributed by atoms with Gasteiger partial charge in [0.1, 0.15) is 0 Å². The summed E-state index contributed by atoms with van der Waals surface area (Å²) in [6.45, 7) is 1.71. The maximum atomic E-state index is 10.2. The number of benzene rings is 2. The monoisotopic (exact) mass is 312 g/mol. The van der Waals surface area contributed by atoms with E-state index in [-0.39, 0.29) is 18.1 Å². The molecule has 0 aliphatic heterocycles. The quantitative estimate of drug-likeness (QED) is 0.849. The van der Waals surface area contributed by atoms with E-state index in [1.54, 1.807) is 0 Å². The second-order valence-electron chi connectivity index (χ2n) is 6.14. The first-order chi connectivity index (χ1) is 11.3. The first kappa shape index (κ1) is 16.2. The fraction of sp³-hybridized carbons (Fsp3) is 0.400. The highest BCUT2D eigenvalue weighted by atomic mass is 16.5. The van der Waals surface area contributed by atoms with Gasteiger partial charge in [-0.25, -0.2) is 0 Å². The molecule has 1 fully saturated rings. The number of ether oxygens (including phenoxy) is 2. The molecule has 0 spiro atoms. The van der Waals surface area contributed by atoms with Crippen LogP contribution in [0.4, 0.5) is 0 Å². The average molecular weight is 312 g/mol. The fourth-order valence-corrected chi connectivity index (χ4v) is 3.10. The van der Waals surface area contributed by atoms with Crippen molar-refractivity contribution >= 4 is 0 Å². The fourth-order valence-electron chi connectivity index (χ4n) is 3.10. The third-order valence-electron chi connectivity index (χ3n) is 4.45. The van der Waals surface area contributed by atoms with Gasteiger partial charge in [0.25, 0.3) is 0 Å². The minimum atomic E-state index is -0.327. The molecule has 3 nitrogen and oxygen atoms in total. The number of aliphatic hydroxyl groups is 1. The van der Waals surface area contributed by atoms with Crippen LogP contribution in [0.1, 0.15) is 24.0 Å². The Kier molecular flexibility index (Phi) is 5.81. The first-order valence-corrected chi connectivity index (χ1v) is 8.28. The van der Waals surface area contributed by atoms with Crippen LogP contribution in [0.3, 0.4) is 0 Å². The first-order valence-electron chi connectivity index (χ1n) is 8.28. The van der Waals surface area contributed by atoms with Crippen LogP contribution in [0.25, 0.3) is 0 Å². The highest BCUT2D eigenvalue weighted by Gasteiger charge is 2.35. The molecule has 122 valence electrons. The third kappa shape index (κ3) is 4.64. The molecule has 1 aliphatic carbocycles. The molecule has 3 rings (SSSR count). The Bertz CT molecular complexity index is 570. The van der Waals surface area contributed by atoms with Crippen LogP contribution in [-0.4, -0.2) is 23.9 Å². The van der Waals surface area contributed by atoms with Gasteiger partial charge in [0.05, 0.1) is 32.0 Å². The summed E-state index contributed by atoms with van der Waals surface area (Å²) in [7, 11) is 0. The van der Waals surface area contributed by atoms with Crippen molar-refractivity contribution in [2.45, 2.75) is 38.3 Å². The van der Waals surface area contributed by atoms with Crippen molar-refractivity contribution in [1.29, 1.82) is 0 Å². The van der Waals surface area contributed by atoms with Gasteiger partial charge in [0.2, 0.25) is 0 Å². The number of rotatable bonds is 7. The van der Waals surface area contributed by atoms with Gasteiger partial charge in [-0.05, 0) is 24.0 Å². The predicted octanol–water partition coefficient (Wildman–Crippen LogP) is 3.56. The van der Waals surface area contributed by atoms with E-state index in [2.05, 4.69) is 24.3 Å². The molecule has 2 aromatic rings. The minimum Gasteiger partial charge on any atom is -0.393 e. The van der Waals surface area contributed by atoms with Gasteiger partial charge >= 0.3 is 0 Å². The Labute approximate surface area is 137 Å². The largest absolute Gasteiger partial charge is 0.393 e. The topological polar surface area (TPSA) is 38.7 Å². The third-order valence-corrected chi connectivity index (χ3v) is 4.45. The van der Waals surface area contributed by atoms with E-state index in [0.29, 0.717) is 19.8 Å². The highest BCUT2D eigenvalue weighted by Crippen LogP contribution is 2.30. The van der Waals surface area contributed by atoms with Crippen LogP contribution in [-0.2, 0) is 22.7 Å². The van der Waals surface area contributed by atoms with Gasteiger partial charge in [0, 0.05) is 5.92 Å². The zero-order valence-corrected chi connectivity index (χ0v) is 13.3. The summed E-state index contributed by atoms with van der Waals surface area (Å²) < 4.78 is 11.9.